The van der Waals surface area contributed by atoms with Gasteiger partial charge < -0.3 is 25.3 Å². The van der Waals surface area contributed by atoms with E-state index in [4.69, 9.17) is 19.9 Å². The molecule has 0 radical (unpaired) electrons. The summed E-state index contributed by atoms with van der Waals surface area (Å²) in [4.78, 5) is 11.6. The standard InChI is InChI=1S/C13H16N2O4/c14-10-2-1-3-11(8-10)18-5-4-15-13(16)12-9-17-6-7-19-12/h1-3,8-9H,4-7,14H2,(H,15,16). The first kappa shape index (κ1) is 13.1. The minimum Gasteiger partial charge on any atom is -0.494 e. The molecule has 1 heterocycles. The molecule has 1 aliphatic heterocycles. The van der Waals surface area contributed by atoms with Crippen molar-refractivity contribution in [2.75, 3.05) is 32.1 Å². The summed E-state index contributed by atoms with van der Waals surface area (Å²) in [7, 11) is 0. The molecule has 1 aromatic carbocycles. The van der Waals surface area contributed by atoms with Crippen LogP contribution in [0.3, 0.4) is 0 Å². The molecule has 6 nitrogen and oxygen atoms in total. The van der Waals surface area contributed by atoms with Gasteiger partial charge in [-0.2, -0.15) is 0 Å². The number of nitrogens with two attached hydrogens (primary N) is 1. The Labute approximate surface area is 111 Å². The zero-order valence-electron chi connectivity index (χ0n) is 10.4. The van der Waals surface area contributed by atoms with Crippen molar-refractivity contribution >= 4 is 11.6 Å². The fraction of sp³-hybridized carbons (Fsp3) is 0.308. The Bertz CT molecular complexity index is 473. The maximum Gasteiger partial charge on any atom is 0.289 e. The molecule has 1 aromatic rings. The molecule has 3 N–H and O–H groups in total. The van der Waals surface area contributed by atoms with Gasteiger partial charge in [-0.25, -0.2) is 0 Å². The Morgan fingerprint density at radius 3 is 3.05 bits per heavy atom. The Morgan fingerprint density at radius 2 is 2.32 bits per heavy atom. The van der Waals surface area contributed by atoms with Crippen LogP contribution >= 0.6 is 0 Å². The molecular formula is C13H16N2O4. The van der Waals surface area contributed by atoms with E-state index in [0.29, 0.717) is 37.8 Å². The molecule has 1 aliphatic rings. The van der Waals surface area contributed by atoms with Crippen LogP contribution < -0.4 is 15.8 Å². The van der Waals surface area contributed by atoms with Gasteiger partial charge in [-0.1, -0.05) is 6.07 Å². The zero-order valence-corrected chi connectivity index (χ0v) is 10.4. The molecule has 6 heteroatoms. The third-order valence-electron chi connectivity index (χ3n) is 2.39. The number of rotatable bonds is 5. The SMILES string of the molecule is Nc1cccc(OCCNC(=O)C2=COCCO2)c1. The average molecular weight is 264 g/mol. The minimum atomic E-state index is -0.309. The molecule has 1 amide bonds. The van der Waals surface area contributed by atoms with Gasteiger partial charge in [-0.15, -0.1) is 0 Å². The number of hydrogen-bond acceptors (Lipinski definition) is 5. The highest BCUT2D eigenvalue weighted by Crippen LogP contribution is 2.13. The minimum absolute atomic E-state index is 0.190. The van der Waals surface area contributed by atoms with E-state index in [-0.39, 0.29) is 11.7 Å². The maximum atomic E-state index is 11.6. The molecule has 102 valence electrons. The number of ether oxygens (including phenoxy) is 3. The first-order chi connectivity index (χ1) is 9.25. The first-order valence-corrected chi connectivity index (χ1v) is 5.97. The van der Waals surface area contributed by atoms with Crippen LogP contribution in [-0.4, -0.2) is 32.3 Å². The zero-order chi connectivity index (χ0) is 13.5. The lowest BCUT2D eigenvalue weighted by molar-refractivity contribution is -0.122. The molecule has 19 heavy (non-hydrogen) atoms. The Kier molecular flexibility index (Phi) is 4.49. The molecular weight excluding hydrogens is 248 g/mol. The van der Waals surface area contributed by atoms with Crippen molar-refractivity contribution in [3.63, 3.8) is 0 Å². The van der Waals surface area contributed by atoms with Crippen LogP contribution in [0, 0.1) is 0 Å². The van der Waals surface area contributed by atoms with Crippen LogP contribution in [0.25, 0.3) is 0 Å². The van der Waals surface area contributed by atoms with Gasteiger partial charge in [0, 0.05) is 11.8 Å². The van der Waals surface area contributed by atoms with Gasteiger partial charge in [0.2, 0.25) is 5.76 Å². The second-order valence-electron chi connectivity index (χ2n) is 3.88. The summed E-state index contributed by atoms with van der Waals surface area (Å²) in [6, 6.07) is 7.12. The van der Waals surface area contributed by atoms with Gasteiger partial charge in [0.25, 0.3) is 5.91 Å². The summed E-state index contributed by atoms with van der Waals surface area (Å²) in [5.41, 5.74) is 6.26. The van der Waals surface area contributed by atoms with E-state index in [0.717, 1.165) is 0 Å². The Hall–Kier alpha value is -2.37. The summed E-state index contributed by atoms with van der Waals surface area (Å²) < 4.78 is 15.6. The lowest BCUT2D eigenvalue weighted by Crippen LogP contribution is -2.31. The lowest BCUT2D eigenvalue weighted by Gasteiger charge is -2.15. The van der Waals surface area contributed by atoms with E-state index in [2.05, 4.69) is 5.32 Å². The first-order valence-electron chi connectivity index (χ1n) is 5.97. The highest BCUT2D eigenvalue weighted by atomic mass is 16.6. The molecule has 0 saturated carbocycles. The largest absolute Gasteiger partial charge is 0.494 e. The van der Waals surface area contributed by atoms with E-state index in [1.165, 1.54) is 6.26 Å². The average Bonchev–Trinajstić information content (AvgIpc) is 2.44. The van der Waals surface area contributed by atoms with E-state index in [1.54, 1.807) is 24.3 Å². The fourth-order valence-electron chi connectivity index (χ4n) is 1.51. The second kappa shape index (κ2) is 6.53. The van der Waals surface area contributed by atoms with Gasteiger partial charge in [0.1, 0.15) is 31.8 Å². The van der Waals surface area contributed by atoms with Crippen molar-refractivity contribution in [3.8, 4) is 5.75 Å². The molecule has 0 aliphatic carbocycles. The summed E-state index contributed by atoms with van der Waals surface area (Å²) in [6.45, 7) is 1.58. The predicted octanol–water partition coefficient (Wildman–Crippen LogP) is 0.652. The molecule has 2 rings (SSSR count). The summed E-state index contributed by atoms with van der Waals surface area (Å²) in [5, 5.41) is 2.67. The van der Waals surface area contributed by atoms with E-state index >= 15 is 0 Å². The van der Waals surface area contributed by atoms with Crippen molar-refractivity contribution in [2.24, 2.45) is 0 Å². The van der Waals surface area contributed by atoms with E-state index in [1.807, 2.05) is 0 Å². The molecule has 0 atom stereocenters. The van der Waals surface area contributed by atoms with Gasteiger partial charge in [-0.05, 0) is 12.1 Å². The van der Waals surface area contributed by atoms with Crippen LogP contribution in [-0.2, 0) is 14.3 Å². The second-order valence-corrected chi connectivity index (χ2v) is 3.88. The molecule has 0 spiro atoms. The maximum absolute atomic E-state index is 11.6. The van der Waals surface area contributed by atoms with Gasteiger partial charge in [0.15, 0.2) is 0 Å². The number of anilines is 1. The van der Waals surface area contributed by atoms with Crippen molar-refractivity contribution in [1.29, 1.82) is 0 Å². The van der Waals surface area contributed by atoms with Crippen LogP contribution in [0.2, 0.25) is 0 Å². The normalized spacial score (nSPS) is 13.8. The number of amides is 1. The topological polar surface area (TPSA) is 82.8 Å². The van der Waals surface area contributed by atoms with Crippen LogP contribution in [0.5, 0.6) is 5.75 Å². The summed E-state index contributed by atoms with van der Waals surface area (Å²) >= 11 is 0. The molecule has 0 unspecified atom stereocenters. The number of hydrogen-bond donors (Lipinski definition) is 2. The third kappa shape index (κ3) is 4.09. The highest BCUT2D eigenvalue weighted by Gasteiger charge is 2.13. The highest BCUT2D eigenvalue weighted by molar-refractivity contribution is 5.91. The Morgan fingerprint density at radius 1 is 1.42 bits per heavy atom. The third-order valence-corrected chi connectivity index (χ3v) is 2.39. The summed E-state index contributed by atoms with van der Waals surface area (Å²) in [5.74, 6) is 0.553. The number of benzene rings is 1. The van der Waals surface area contributed by atoms with Gasteiger partial charge >= 0.3 is 0 Å². The molecule has 0 bridgehead atoms. The van der Waals surface area contributed by atoms with E-state index in [9.17, 15) is 4.79 Å². The number of nitrogens with one attached hydrogen (secondary N) is 1. The van der Waals surface area contributed by atoms with Crippen molar-refractivity contribution < 1.29 is 19.0 Å². The van der Waals surface area contributed by atoms with E-state index < -0.39 is 0 Å². The van der Waals surface area contributed by atoms with Crippen LogP contribution in [0.1, 0.15) is 0 Å². The van der Waals surface area contributed by atoms with Gasteiger partial charge in [0.05, 0.1) is 6.54 Å². The quantitative estimate of drug-likeness (QED) is 0.602. The number of nitrogen functional groups attached to an aromatic ring is 1. The monoisotopic (exact) mass is 264 g/mol. The van der Waals surface area contributed by atoms with Crippen LogP contribution in [0.15, 0.2) is 36.3 Å². The predicted molar refractivity (Wildman–Crippen MR) is 69.3 cm³/mol. The summed E-state index contributed by atoms with van der Waals surface area (Å²) in [6.07, 6.45) is 1.32. The smallest absolute Gasteiger partial charge is 0.289 e. The van der Waals surface area contributed by atoms with Gasteiger partial charge in [-0.3, -0.25) is 4.79 Å². The molecule has 0 aromatic heterocycles. The van der Waals surface area contributed by atoms with Crippen molar-refractivity contribution in [2.45, 2.75) is 0 Å². The lowest BCUT2D eigenvalue weighted by atomic mass is 10.3. The fourth-order valence-corrected chi connectivity index (χ4v) is 1.51. The van der Waals surface area contributed by atoms with Crippen LogP contribution in [0.4, 0.5) is 5.69 Å². The van der Waals surface area contributed by atoms with Crippen molar-refractivity contribution in [1.82, 2.24) is 5.32 Å². The number of carbonyl (C=O) groups is 1. The Balaban J connectivity index is 1.69. The number of carbonyl (C=O) groups excluding carboxylic acids is 1. The molecule has 0 fully saturated rings. The van der Waals surface area contributed by atoms with Crippen molar-refractivity contribution in [3.05, 3.63) is 36.3 Å². The molecule has 0 saturated heterocycles.